The molecule has 8 heteroatoms. The van der Waals surface area contributed by atoms with Crippen molar-refractivity contribution >= 4 is 40.0 Å². The monoisotopic (exact) mass is 334 g/mol. The molecule has 2 heterocycles. The van der Waals surface area contributed by atoms with E-state index in [4.69, 9.17) is 5.73 Å². The van der Waals surface area contributed by atoms with Crippen molar-refractivity contribution in [3.8, 4) is 0 Å². The number of nitrogens with two attached hydrogens (primary N) is 1. The summed E-state index contributed by atoms with van der Waals surface area (Å²) < 4.78 is 0.846. The van der Waals surface area contributed by atoms with Crippen LogP contribution in [0.25, 0.3) is 0 Å². The number of unbranched alkanes of at least 4 members (excludes halogenated alkanes) is 1. The second kappa shape index (κ2) is 6.45. The lowest BCUT2D eigenvalue weighted by atomic mass is 10.1. The van der Waals surface area contributed by atoms with Gasteiger partial charge in [-0.25, -0.2) is 0 Å². The maximum Gasteiger partial charge on any atom is 0.261 e. The third-order valence-electron chi connectivity index (χ3n) is 3.30. The SMILES string of the molecule is Nc1nnc(SCCCCN2C(=O)c3ccccc3C2=O)s1. The molecule has 0 bridgehead atoms. The quantitative estimate of drug-likeness (QED) is 0.495. The number of carbonyl (C=O) groups is 2. The van der Waals surface area contributed by atoms with Crippen LogP contribution in [0.3, 0.4) is 0 Å². The predicted molar refractivity (Wildman–Crippen MR) is 86.1 cm³/mol. The molecule has 0 aliphatic carbocycles. The zero-order valence-corrected chi connectivity index (χ0v) is 13.3. The minimum atomic E-state index is -0.190. The second-order valence-electron chi connectivity index (χ2n) is 4.77. The number of benzene rings is 1. The van der Waals surface area contributed by atoms with Crippen LogP contribution in [0.1, 0.15) is 33.6 Å². The Morgan fingerprint density at radius 3 is 2.36 bits per heavy atom. The predicted octanol–water partition coefficient (Wildman–Crippen LogP) is 2.29. The third kappa shape index (κ3) is 2.97. The summed E-state index contributed by atoms with van der Waals surface area (Å²) in [5, 5.41) is 8.15. The van der Waals surface area contributed by atoms with Gasteiger partial charge in [-0.3, -0.25) is 14.5 Å². The first-order chi connectivity index (χ1) is 10.7. The van der Waals surface area contributed by atoms with Crippen LogP contribution in [0.5, 0.6) is 0 Å². The fourth-order valence-corrected chi connectivity index (χ4v) is 3.96. The highest BCUT2D eigenvalue weighted by molar-refractivity contribution is 8.01. The molecular formula is C14H14N4O2S2. The number of nitrogens with zero attached hydrogens (tertiary/aromatic N) is 3. The molecule has 3 rings (SSSR count). The molecule has 1 aliphatic heterocycles. The van der Waals surface area contributed by atoms with E-state index in [0.717, 1.165) is 22.9 Å². The van der Waals surface area contributed by atoms with Crippen LogP contribution in [0.15, 0.2) is 28.6 Å². The number of hydrogen-bond acceptors (Lipinski definition) is 7. The van der Waals surface area contributed by atoms with Crippen LogP contribution < -0.4 is 5.73 Å². The number of rotatable bonds is 6. The largest absolute Gasteiger partial charge is 0.374 e. The van der Waals surface area contributed by atoms with Crippen molar-refractivity contribution in [3.05, 3.63) is 35.4 Å². The molecule has 1 aliphatic rings. The molecule has 0 saturated carbocycles. The van der Waals surface area contributed by atoms with Gasteiger partial charge in [0.15, 0.2) is 4.34 Å². The van der Waals surface area contributed by atoms with E-state index in [2.05, 4.69) is 10.2 Å². The average molecular weight is 334 g/mol. The molecule has 0 saturated heterocycles. The van der Waals surface area contributed by atoms with Gasteiger partial charge in [-0.15, -0.1) is 10.2 Å². The summed E-state index contributed by atoms with van der Waals surface area (Å²) in [5.41, 5.74) is 6.53. The van der Waals surface area contributed by atoms with Crippen LogP contribution in [0.2, 0.25) is 0 Å². The number of nitrogen functional groups attached to an aromatic ring is 1. The van der Waals surface area contributed by atoms with Gasteiger partial charge in [0.1, 0.15) is 0 Å². The second-order valence-corrected chi connectivity index (χ2v) is 7.12. The van der Waals surface area contributed by atoms with Gasteiger partial charge in [0.2, 0.25) is 5.13 Å². The Labute approximate surface area is 135 Å². The molecule has 1 aromatic heterocycles. The van der Waals surface area contributed by atoms with Gasteiger partial charge in [0, 0.05) is 12.3 Å². The summed E-state index contributed by atoms with van der Waals surface area (Å²) in [5.74, 6) is 0.480. The molecule has 0 radical (unpaired) electrons. The molecule has 114 valence electrons. The Morgan fingerprint density at radius 1 is 1.09 bits per heavy atom. The first kappa shape index (κ1) is 15.0. The zero-order valence-electron chi connectivity index (χ0n) is 11.7. The molecule has 2 aromatic rings. The van der Waals surface area contributed by atoms with E-state index in [-0.39, 0.29) is 11.8 Å². The maximum absolute atomic E-state index is 12.2. The van der Waals surface area contributed by atoms with E-state index in [1.807, 2.05) is 0 Å². The average Bonchev–Trinajstić information content (AvgIpc) is 3.04. The van der Waals surface area contributed by atoms with E-state index in [0.29, 0.717) is 22.8 Å². The van der Waals surface area contributed by atoms with E-state index in [1.165, 1.54) is 16.2 Å². The minimum absolute atomic E-state index is 0.190. The van der Waals surface area contributed by atoms with E-state index < -0.39 is 0 Å². The molecule has 2 N–H and O–H groups in total. The molecule has 0 unspecified atom stereocenters. The van der Waals surface area contributed by atoms with Gasteiger partial charge >= 0.3 is 0 Å². The maximum atomic E-state index is 12.2. The highest BCUT2D eigenvalue weighted by Crippen LogP contribution is 2.25. The third-order valence-corrected chi connectivity index (χ3v) is 5.27. The summed E-state index contributed by atoms with van der Waals surface area (Å²) in [6.07, 6.45) is 1.66. The number of thioether (sulfide) groups is 1. The Morgan fingerprint density at radius 2 is 1.77 bits per heavy atom. The molecule has 22 heavy (non-hydrogen) atoms. The van der Waals surface area contributed by atoms with Crippen molar-refractivity contribution in [2.45, 2.75) is 17.2 Å². The van der Waals surface area contributed by atoms with Gasteiger partial charge in [-0.1, -0.05) is 35.2 Å². The Hall–Kier alpha value is -1.93. The number of imide groups is 1. The topological polar surface area (TPSA) is 89.2 Å². The van der Waals surface area contributed by atoms with Crippen LogP contribution in [-0.4, -0.2) is 39.2 Å². The number of carbonyl (C=O) groups excluding carboxylic acids is 2. The first-order valence-electron chi connectivity index (χ1n) is 6.84. The summed E-state index contributed by atoms with van der Waals surface area (Å²) >= 11 is 2.95. The summed E-state index contributed by atoms with van der Waals surface area (Å²) in [6.45, 7) is 0.450. The van der Waals surface area contributed by atoms with Gasteiger partial charge < -0.3 is 5.73 Å². The van der Waals surface area contributed by atoms with Gasteiger partial charge in [-0.05, 0) is 25.0 Å². The summed E-state index contributed by atoms with van der Waals surface area (Å²) in [4.78, 5) is 25.7. The van der Waals surface area contributed by atoms with Crippen molar-refractivity contribution < 1.29 is 9.59 Å². The van der Waals surface area contributed by atoms with Crippen LogP contribution in [0, 0.1) is 0 Å². The van der Waals surface area contributed by atoms with Gasteiger partial charge in [-0.2, -0.15) is 0 Å². The molecule has 0 atom stereocenters. The number of aromatic nitrogens is 2. The van der Waals surface area contributed by atoms with Crippen molar-refractivity contribution in [1.29, 1.82) is 0 Å². The smallest absolute Gasteiger partial charge is 0.261 e. The van der Waals surface area contributed by atoms with Crippen molar-refractivity contribution in [2.75, 3.05) is 18.0 Å². The first-order valence-corrected chi connectivity index (χ1v) is 8.64. The number of fused-ring (bicyclic) bond motifs is 1. The molecule has 2 amide bonds. The molecule has 0 spiro atoms. The van der Waals surface area contributed by atoms with E-state index in [9.17, 15) is 9.59 Å². The lowest BCUT2D eigenvalue weighted by Crippen LogP contribution is -2.30. The fraction of sp³-hybridized carbons (Fsp3) is 0.286. The Kier molecular flexibility index (Phi) is 4.39. The van der Waals surface area contributed by atoms with Crippen LogP contribution in [-0.2, 0) is 0 Å². The minimum Gasteiger partial charge on any atom is -0.374 e. The lowest BCUT2D eigenvalue weighted by molar-refractivity contribution is 0.0652. The summed E-state index contributed by atoms with van der Waals surface area (Å²) in [7, 11) is 0. The highest BCUT2D eigenvalue weighted by Gasteiger charge is 2.34. The van der Waals surface area contributed by atoms with Crippen molar-refractivity contribution in [2.24, 2.45) is 0 Å². The lowest BCUT2D eigenvalue weighted by Gasteiger charge is -2.13. The standard InChI is InChI=1S/C14H14N4O2S2/c15-13-16-17-14(22-13)21-8-4-3-7-18-11(19)9-5-1-2-6-10(9)12(18)20/h1-2,5-6H,3-4,7-8H2,(H2,15,16). The normalized spacial score (nSPS) is 13.7. The van der Waals surface area contributed by atoms with Crippen molar-refractivity contribution in [3.63, 3.8) is 0 Å². The van der Waals surface area contributed by atoms with Crippen LogP contribution >= 0.6 is 23.1 Å². The number of anilines is 1. The fourth-order valence-electron chi connectivity index (χ4n) is 2.25. The molecule has 6 nitrogen and oxygen atoms in total. The van der Waals surface area contributed by atoms with E-state index >= 15 is 0 Å². The molecule has 0 fully saturated rings. The number of hydrogen-bond donors (Lipinski definition) is 1. The van der Waals surface area contributed by atoms with Gasteiger partial charge in [0.25, 0.3) is 11.8 Å². The summed E-state index contributed by atoms with van der Waals surface area (Å²) in [6, 6.07) is 6.95. The highest BCUT2D eigenvalue weighted by atomic mass is 32.2. The molecule has 1 aromatic carbocycles. The van der Waals surface area contributed by atoms with E-state index in [1.54, 1.807) is 36.0 Å². The van der Waals surface area contributed by atoms with Crippen molar-refractivity contribution in [1.82, 2.24) is 15.1 Å². The Bertz CT molecular complexity index is 681. The molecular weight excluding hydrogens is 320 g/mol. The zero-order chi connectivity index (χ0) is 15.5. The number of amides is 2. The van der Waals surface area contributed by atoms with Gasteiger partial charge in [0.05, 0.1) is 11.1 Å². The Balaban J connectivity index is 1.47. The van der Waals surface area contributed by atoms with Crippen LogP contribution in [0.4, 0.5) is 5.13 Å².